The molecule has 5 nitrogen and oxygen atoms in total. The molecule has 2 heterocycles. The van der Waals surface area contributed by atoms with E-state index in [1.807, 2.05) is 17.5 Å². The molecular weight excluding hydrogens is 276 g/mol. The Hall–Kier alpha value is -1.38. The maximum Gasteiger partial charge on any atom is 0.257 e. The van der Waals surface area contributed by atoms with E-state index in [2.05, 4.69) is 10.2 Å². The van der Waals surface area contributed by atoms with Gasteiger partial charge in [0.2, 0.25) is 5.89 Å². The summed E-state index contributed by atoms with van der Waals surface area (Å²) < 4.78 is 30.1. The van der Waals surface area contributed by atoms with Gasteiger partial charge in [0.05, 0.1) is 24.6 Å². The molecule has 0 saturated carbocycles. The number of thiophene rings is 1. The number of nitrogens with zero attached hydrogens (tertiary/aromatic N) is 3. The van der Waals surface area contributed by atoms with Crippen molar-refractivity contribution in [3.63, 3.8) is 0 Å². The van der Waals surface area contributed by atoms with Crippen LogP contribution < -0.4 is 0 Å². The molecule has 0 radical (unpaired) electrons. The van der Waals surface area contributed by atoms with Gasteiger partial charge in [-0.1, -0.05) is 6.07 Å². The van der Waals surface area contributed by atoms with Gasteiger partial charge < -0.3 is 9.52 Å². The summed E-state index contributed by atoms with van der Waals surface area (Å²) in [4.78, 5) is 2.21. The second-order valence-electron chi connectivity index (χ2n) is 3.83. The Bertz CT molecular complexity index is 490. The molecule has 0 bridgehead atoms. The first-order valence-electron chi connectivity index (χ1n) is 5.66. The van der Waals surface area contributed by atoms with Crippen LogP contribution in [-0.4, -0.2) is 46.3 Å². The lowest BCUT2D eigenvalue weighted by molar-refractivity contribution is 0.0704. The minimum Gasteiger partial charge on any atom is -0.419 e. The van der Waals surface area contributed by atoms with E-state index in [0.717, 1.165) is 4.88 Å². The Labute approximate surface area is 112 Å². The monoisotopic (exact) mass is 289 g/mol. The lowest BCUT2D eigenvalue weighted by Gasteiger charge is -2.18. The molecule has 0 spiro atoms. The number of halogens is 2. The number of aliphatic hydroxyl groups is 1. The van der Waals surface area contributed by atoms with E-state index in [0.29, 0.717) is 5.89 Å². The molecular formula is C11H13F2N3O2S. The Kier molecular flexibility index (Phi) is 4.94. The zero-order chi connectivity index (χ0) is 13.7. The fourth-order valence-corrected chi connectivity index (χ4v) is 2.22. The van der Waals surface area contributed by atoms with Gasteiger partial charge in [0, 0.05) is 6.54 Å². The van der Waals surface area contributed by atoms with E-state index in [1.165, 1.54) is 16.2 Å². The molecule has 0 aliphatic heterocycles. The van der Waals surface area contributed by atoms with Crippen LogP contribution in [0.25, 0.3) is 10.8 Å². The smallest absolute Gasteiger partial charge is 0.257 e. The zero-order valence-corrected chi connectivity index (χ0v) is 10.8. The van der Waals surface area contributed by atoms with Crippen molar-refractivity contribution in [3.8, 4) is 10.8 Å². The van der Waals surface area contributed by atoms with Crippen LogP contribution in [0.1, 0.15) is 5.89 Å². The zero-order valence-electron chi connectivity index (χ0n) is 10.00. The number of rotatable bonds is 7. The van der Waals surface area contributed by atoms with Gasteiger partial charge in [-0.3, -0.25) is 4.90 Å². The molecule has 19 heavy (non-hydrogen) atoms. The van der Waals surface area contributed by atoms with Gasteiger partial charge >= 0.3 is 0 Å². The average molecular weight is 289 g/mol. The number of aliphatic hydroxyl groups excluding tert-OH is 1. The minimum atomic E-state index is -2.47. The number of hydrogen-bond acceptors (Lipinski definition) is 6. The Morgan fingerprint density at radius 2 is 2.26 bits per heavy atom. The van der Waals surface area contributed by atoms with Crippen molar-refractivity contribution in [1.82, 2.24) is 15.1 Å². The van der Waals surface area contributed by atoms with Crippen molar-refractivity contribution in [3.05, 3.63) is 23.4 Å². The molecule has 0 aliphatic rings. The largest absolute Gasteiger partial charge is 0.419 e. The van der Waals surface area contributed by atoms with E-state index in [4.69, 9.17) is 9.52 Å². The lowest BCUT2D eigenvalue weighted by Crippen LogP contribution is -2.31. The highest BCUT2D eigenvalue weighted by Gasteiger charge is 2.16. The van der Waals surface area contributed by atoms with Gasteiger partial charge in [-0.05, 0) is 11.4 Å². The summed E-state index contributed by atoms with van der Waals surface area (Å²) in [5.74, 6) is 0.642. The van der Waals surface area contributed by atoms with Crippen molar-refractivity contribution in [2.75, 3.05) is 19.7 Å². The van der Waals surface area contributed by atoms with Crippen LogP contribution >= 0.6 is 11.3 Å². The van der Waals surface area contributed by atoms with Crippen LogP contribution in [0.4, 0.5) is 8.78 Å². The van der Waals surface area contributed by atoms with E-state index in [-0.39, 0.29) is 25.6 Å². The molecule has 0 aliphatic carbocycles. The maximum atomic E-state index is 12.4. The predicted molar refractivity (Wildman–Crippen MR) is 66.0 cm³/mol. The van der Waals surface area contributed by atoms with Crippen LogP contribution in [0.5, 0.6) is 0 Å². The molecule has 0 aromatic carbocycles. The van der Waals surface area contributed by atoms with Crippen molar-refractivity contribution in [1.29, 1.82) is 0 Å². The summed E-state index contributed by atoms with van der Waals surface area (Å²) in [6, 6.07) is 3.70. The normalized spacial score (nSPS) is 11.6. The number of aromatic nitrogens is 2. The van der Waals surface area contributed by atoms with Crippen LogP contribution in [-0.2, 0) is 6.54 Å². The fourth-order valence-electron chi connectivity index (χ4n) is 1.58. The van der Waals surface area contributed by atoms with Gasteiger partial charge in [0.25, 0.3) is 12.3 Å². The molecule has 1 N–H and O–H groups in total. The third kappa shape index (κ3) is 4.05. The SMILES string of the molecule is OCCN(Cc1nnc(-c2cccs2)o1)CC(F)F. The first-order valence-corrected chi connectivity index (χ1v) is 6.54. The molecule has 0 amide bonds. The maximum absolute atomic E-state index is 12.4. The lowest BCUT2D eigenvalue weighted by atomic mass is 10.4. The van der Waals surface area contributed by atoms with Gasteiger partial charge in [-0.2, -0.15) is 0 Å². The minimum absolute atomic E-state index is 0.100. The summed E-state index contributed by atoms with van der Waals surface area (Å²) in [7, 11) is 0. The molecule has 0 fully saturated rings. The highest BCUT2D eigenvalue weighted by molar-refractivity contribution is 7.13. The van der Waals surface area contributed by atoms with Crippen LogP contribution in [0.3, 0.4) is 0 Å². The summed E-state index contributed by atoms with van der Waals surface area (Å²) in [6.45, 7) is -0.389. The van der Waals surface area contributed by atoms with E-state index in [9.17, 15) is 8.78 Å². The molecule has 0 atom stereocenters. The molecule has 8 heteroatoms. The Morgan fingerprint density at radius 1 is 1.42 bits per heavy atom. The standard InChI is InChI=1S/C11H13F2N3O2S/c12-9(13)6-16(3-4-17)7-10-14-15-11(18-10)8-2-1-5-19-8/h1-2,5,9,17H,3-4,6-7H2. The van der Waals surface area contributed by atoms with Crippen LogP contribution in [0.2, 0.25) is 0 Å². The van der Waals surface area contributed by atoms with Gasteiger partial charge in [0.15, 0.2) is 0 Å². The van der Waals surface area contributed by atoms with E-state index >= 15 is 0 Å². The quantitative estimate of drug-likeness (QED) is 0.843. The van der Waals surface area contributed by atoms with Gasteiger partial charge in [-0.25, -0.2) is 8.78 Å². The van der Waals surface area contributed by atoms with Gasteiger partial charge in [0.1, 0.15) is 0 Å². The number of hydrogen-bond donors (Lipinski definition) is 1. The second kappa shape index (κ2) is 6.69. The second-order valence-corrected chi connectivity index (χ2v) is 4.78. The van der Waals surface area contributed by atoms with Gasteiger partial charge in [-0.15, -0.1) is 21.5 Å². The predicted octanol–water partition coefficient (Wildman–Crippen LogP) is 1.86. The van der Waals surface area contributed by atoms with E-state index in [1.54, 1.807) is 0 Å². The molecule has 104 valence electrons. The van der Waals surface area contributed by atoms with Crippen LogP contribution in [0.15, 0.2) is 21.9 Å². The topological polar surface area (TPSA) is 62.4 Å². The summed E-state index contributed by atoms with van der Waals surface area (Å²) in [5.41, 5.74) is 0. The molecule has 2 aromatic heterocycles. The van der Waals surface area contributed by atoms with Crippen molar-refractivity contribution in [2.24, 2.45) is 0 Å². The molecule has 0 unspecified atom stereocenters. The number of alkyl halides is 2. The molecule has 2 rings (SSSR count). The molecule has 2 aromatic rings. The van der Waals surface area contributed by atoms with Crippen molar-refractivity contribution < 1.29 is 18.3 Å². The summed E-state index contributed by atoms with van der Waals surface area (Å²) in [6.07, 6.45) is -2.47. The first-order chi connectivity index (χ1) is 9.19. The third-order valence-electron chi connectivity index (χ3n) is 2.37. The average Bonchev–Trinajstić information content (AvgIpc) is 2.97. The fraction of sp³-hybridized carbons (Fsp3) is 0.455. The third-order valence-corrected chi connectivity index (χ3v) is 3.23. The highest BCUT2D eigenvalue weighted by atomic mass is 32.1. The van der Waals surface area contributed by atoms with E-state index < -0.39 is 13.0 Å². The Morgan fingerprint density at radius 3 is 2.89 bits per heavy atom. The Balaban J connectivity index is 2.01. The summed E-state index contributed by atoms with van der Waals surface area (Å²) in [5, 5.41) is 18.4. The highest BCUT2D eigenvalue weighted by Crippen LogP contribution is 2.23. The van der Waals surface area contributed by atoms with Crippen molar-refractivity contribution >= 4 is 11.3 Å². The van der Waals surface area contributed by atoms with Crippen LogP contribution in [0, 0.1) is 0 Å². The summed E-state index contributed by atoms with van der Waals surface area (Å²) >= 11 is 1.46. The van der Waals surface area contributed by atoms with Crippen molar-refractivity contribution in [2.45, 2.75) is 13.0 Å². The first kappa shape index (κ1) is 14.0. The molecule has 0 saturated heterocycles.